The van der Waals surface area contributed by atoms with Crippen molar-refractivity contribution in [2.75, 3.05) is 5.32 Å². The van der Waals surface area contributed by atoms with Crippen LogP contribution in [0.2, 0.25) is 0 Å². The van der Waals surface area contributed by atoms with E-state index in [0.29, 0.717) is 22.6 Å². The van der Waals surface area contributed by atoms with Crippen molar-refractivity contribution in [2.24, 2.45) is 7.05 Å². The fourth-order valence-corrected chi connectivity index (χ4v) is 1.67. The molecule has 0 unspecified atom stereocenters. The van der Waals surface area contributed by atoms with E-state index in [4.69, 9.17) is 0 Å². The molecule has 0 fully saturated rings. The molecule has 0 bridgehead atoms. The van der Waals surface area contributed by atoms with Gasteiger partial charge in [0.05, 0.1) is 0 Å². The van der Waals surface area contributed by atoms with Gasteiger partial charge in [0.15, 0.2) is 0 Å². The Balaban J connectivity index is 2.27. The summed E-state index contributed by atoms with van der Waals surface area (Å²) in [6, 6.07) is 3.27. The van der Waals surface area contributed by atoms with E-state index in [1.165, 1.54) is 11.0 Å². The van der Waals surface area contributed by atoms with Gasteiger partial charge in [0.25, 0.3) is 5.91 Å². The van der Waals surface area contributed by atoms with E-state index < -0.39 is 0 Å². The van der Waals surface area contributed by atoms with Crippen LogP contribution >= 0.6 is 0 Å². The Hall–Kier alpha value is -2.37. The lowest BCUT2D eigenvalue weighted by Crippen LogP contribution is -2.15. The lowest BCUT2D eigenvalue weighted by atomic mass is 10.1. The smallest absolute Gasteiger partial charge is 0.258 e. The molecule has 1 aromatic carbocycles. The van der Waals surface area contributed by atoms with Crippen LogP contribution in [0.1, 0.15) is 21.5 Å². The molecule has 1 heterocycles. The van der Waals surface area contributed by atoms with Crippen LogP contribution in [0.5, 0.6) is 5.75 Å². The zero-order valence-corrected chi connectivity index (χ0v) is 10.4. The number of rotatable bonds is 2. The molecule has 6 nitrogen and oxygen atoms in total. The molecule has 2 N–H and O–H groups in total. The minimum Gasteiger partial charge on any atom is -0.507 e. The second-order valence-electron chi connectivity index (χ2n) is 4.12. The number of aryl methyl sites for hydroxylation is 3. The van der Waals surface area contributed by atoms with Gasteiger partial charge in [0.1, 0.15) is 12.1 Å². The summed E-state index contributed by atoms with van der Waals surface area (Å²) in [6.45, 7) is 3.50. The van der Waals surface area contributed by atoms with Gasteiger partial charge in [0.2, 0.25) is 5.95 Å². The van der Waals surface area contributed by atoms with Crippen LogP contribution in [0.15, 0.2) is 18.5 Å². The average molecular weight is 246 g/mol. The summed E-state index contributed by atoms with van der Waals surface area (Å²) in [5, 5.41) is 16.2. The first-order chi connectivity index (χ1) is 8.49. The number of carbonyl (C=O) groups is 1. The normalized spacial score (nSPS) is 10.4. The second-order valence-corrected chi connectivity index (χ2v) is 4.12. The first-order valence-electron chi connectivity index (χ1n) is 5.44. The van der Waals surface area contributed by atoms with Gasteiger partial charge in [0, 0.05) is 12.6 Å². The number of hydrogen-bond donors (Lipinski definition) is 2. The van der Waals surface area contributed by atoms with Gasteiger partial charge in [-0.2, -0.15) is 10.1 Å². The summed E-state index contributed by atoms with van der Waals surface area (Å²) in [5.41, 5.74) is 1.81. The molecule has 0 spiro atoms. The molecule has 0 aliphatic carbocycles. The molecular formula is C12H14N4O2. The highest BCUT2D eigenvalue weighted by Crippen LogP contribution is 2.23. The van der Waals surface area contributed by atoms with Gasteiger partial charge in [-0.15, -0.1) is 0 Å². The lowest BCUT2D eigenvalue weighted by Gasteiger charge is -2.08. The monoisotopic (exact) mass is 246 g/mol. The molecule has 0 radical (unpaired) electrons. The fraction of sp³-hybridized carbons (Fsp3) is 0.250. The number of amides is 1. The summed E-state index contributed by atoms with van der Waals surface area (Å²) in [6.07, 6.45) is 1.36. The molecule has 0 saturated carbocycles. The van der Waals surface area contributed by atoms with Crippen LogP contribution in [0.25, 0.3) is 0 Å². The zero-order valence-electron chi connectivity index (χ0n) is 10.4. The highest BCUT2D eigenvalue weighted by atomic mass is 16.3. The molecule has 1 amide bonds. The van der Waals surface area contributed by atoms with Crippen molar-refractivity contribution < 1.29 is 9.90 Å². The van der Waals surface area contributed by atoms with Crippen LogP contribution in [0.3, 0.4) is 0 Å². The number of hydrogen-bond acceptors (Lipinski definition) is 4. The average Bonchev–Trinajstić information content (AvgIpc) is 2.71. The number of carbonyl (C=O) groups excluding carboxylic acids is 1. The van der Waals surface area contributed by atoms with E-state index in [9.17, 15) is 9.90 Å². The van der Waals surface area contributed by atoms with Crippen molar-refractivity contribution >= 4 is 11.9 Å². The maximum absolute atomic E-state index is 12.0. The van der Waals surface area contributed by atoms with E-state index in [1.54, 1.807) is 33.0 Å². The minimum atomic E-state index is -0.280. The van der Waals surface area contributed by atoms with Gasteiger partial charge in [-0.25, -0.2) is 4.68 Å². The summed E-state index contributed by atoms with van der Waals surface area (Å²) < 4.78 is 1.47. The Kier molecular flexibility index (Phi) is 3.01. The number of nitrogens with one attached hydrogen (secondary N) is 1. The summed E-state index contributed by atoms with van der Waals surface area (Å²) >= 11 is 0. The van der Waals surface area contributed by atoms with Crippen LogP contribution in [-0.2, 0) is 7.05 Å². The van der Waals surface area contributed by atoms with Crippen molar-refractivity contribution in [3.8, 4) is 5.75 Å². The Labute approximate surface area is 104 Å². The highest BCUT2D eigenvalue weighted by molar-refractivity contribution is 6.03. The van der Waals surface area contributed by atoms with Crippen molar-refractivity contribution in [3.05, 3.63) is 35.2 Å². The summed E-state index contributed by atoms with van der Waals surface area (Å²) in [5.74, 6) is 0.311. The zero-order chi connectivity index (χ0) is 13.3. The molecule has 0 aliphatic rings. The Morgan fingerprint density at radius 1 is 1.33 bits per heavy atom. The fourth-order valence-electron chi connectivity index (χ4n) is 1.67. The van der Waals surface area contributed by atoms with Gasteiger partial charge < -0.3 is 5.11 Å². The topological polar surface area (TPSA) is 80.0 Å². The molecule has 1 aromatic heterocycles. The number of aromatic nitrogens is 3. The molecule has 6 heteroatoms. The summed E-state index contributed by atoms with van der Waals surface area (Å²) in [4.78, 5) is 15.9. The van der Waals surface area contributed by atoms with Crippen LogP contribution in [0.4, 0.5) is 5.95 Å². The predicted octanol–water partition coefficient (Wildman–Crippen LogP) is 1.39. The van der Waals surface area contributed by atoms with Gasteiger partial charge in [-0.3, -0.25) is 10.1 Å². The molecule has 0 aliphatic heterocycles. The number of aromatic hydroxyl groups is 1. The second kappa shape index (κ2) is 4.48. The molecule has 2 aromatic rings. The van der Waals surface area contributed by atoms with Crippen molar-refractivity contribution in [1.29, 1.82) is 0 Å². The quantitative estimate of drug-likeness (QED) is 0.839. The van der Waals surface area contributed by atoms with Crippen LogP contribution in [-0.4, -0.2) is 25.8 Å². The maximum Gasteiger partial charge on any atom is 0.258 e. The molecule has 0 atom stereocenters. The molecule has 0 saturated heterocycles. The third-order valence-electron chi connectivity index (χ3n) is 2.69. The first-order valence-corrected chi connectivity index (χ1v) is 5.44. The maximum atomic E-state index is 12.0. The standard InChI is InChI=1S/C12H14N4O2/c1-7-4-9(5-8(2)10(7)17)11(18)15-12-13-6-14-16(12)3/h4-6,17H,1-3H3,(H,13,14,15,18). The third kappa shape index (κ3) is 2.17. The van der Waals surface area contributed by atoms with Crippen LogP contribution in [0, 0.1) is 13.8 Å². The largest absolute Gasteiger partial charge is 0.507 e. The predicted molar refractivity (Wildman–Crippen MR) is 66.5 cm³/mol. The van der Waals surface area contributed by atoms with Crippen molar-refractivity contribution in [3.63, 3.8) is 0 Å². The number of benzene rings is 1. The van der Waals surface area contributed by atoms with E-state index in [2.05, 4.69) is 15.4 Å². The number of phenols is 1. The molecular weight excluding hydrogens is 232 g/mol. The number of nitrogens with zero attached hydrogens (tertiary/aromatic N) is 3. The number of anilines is 1. The highest BCUT2D eigenvalue weighted by Gasteiger charge is 2.12. The minimum absolute atomic E-state index is 0.213. The van der Waals surface area contributed by atoms with Gasteiger partial charge >= 0.3 is 0 Å². The van der Waals surface area contributed by atoms with E-state index in [1.807, 2.05) is 0 Å². The molecule has 94 valence electrons. The Morgan fingerprint density at radius 3 is 2.44 bits per heavy atom. The van der Waals surface area contributed by atoms with Gasteiger partial charge in [-0.05, 0) is 37.1 Å². The van der Waals surface area contributed by atoms with E-state index in [-0.39, 0.29) is 11.7 Å². The SMILES string of the molecule is Cc1cc(C(=O)Nc2ncnn2C)cc(C)c1O. The Morgan fingerprint density at radius 2 is 1.94 bits per heavy atom. The van der Waals surface area contributed by atoms with E-state index in [0.717, 1.165) is 0 Å². The molecule has 18 heavy (non-hydrogen) atoms. The first kappa shape index (κ1) is 12.1. The third-order valence-corrected chi connectivity index (χ3v) is 2.69. The summed E-state index contributed by atoms with van der Waals surface area (Å²) in [7, 11) is 1.69. The lowest BCUT2D eigenvalue weighted by molar-refractivity contribution is 0.102. The van der Waals surface area contributed by atoms with Crippen LogP contribution < -0.4 is 5.32 Å². The van der Waals surface area contributed by atoms with E-state index >= 15 is 0 Å². The molecule has 2 rings (SSSR count). The Bertz CT molecular complexity index is 581. The van der Waals surface area contributed by atoms with Crippen molar-refractivity contribution in [2.45, 2.75) is 13.8 Å². The van der Waals surface area contributed by atoms with Gasteiger partial charge in [-0.1, -0.05) is 0 Å². The van der Waals surface area contributed by atoms with Crippen molar-refractivity contribution in [1.82, 2.24) is 14.8 Å². The number of phenolic OH excluding ortho intramolecular Hbond substituents is 1.